The highest BCUT2D eigenvalue weighted by atomic mass is 32.1. The molecule has 0 saturated heterocycles. The molecule has 1 unspecified atom stereocenters. The number of aryl methyl sites for hydroxylation is 3. The minimum atomic E-state index is 0.355. The van der Waals surface area contributed by atoms with Crippen LogP contribution >= 0.6 is 11.3 Å². The molecule has 1 aromatic carbocycles. The molecule has 0 aliphatic carbocycles. The number of phenolic OH excluding ortho intramolecular Hbond substituents is 1. The SMILES string of the molecule is Cc1ccc(C(C)NCc2cc(C)c(O)c(C)c2)s1. The number of thiophene rings is 1. The smallest absolute Gasteiger partial charge is 0.121 e. The normalized spacial score (nSPS) is 12.6. The van der Waals surface area contributed by atoms with Crippen molar-refractivity contribution in [3.8, 4) is 5.75 Å². The third kappa shape index (κ3) is 3.37. The molecule has 0 saturated carbocycles. The number of hydrogen-bond donors (Lipinski definition) is 2. The van der Waals surface area contributed by atoms with Crippen LogP contribution in [0.25, 0.3) is 0 Å². The van der Waals surface area contributed by atoms with Gasteiger partial charge < -0.3 is 10.4 Å². The average Bonchev–Trinajstić information content (AvgIpc) is 2.79. The fourth-order valence-corrected chi connectivity index (χ4v) is 3.11. The Morgan fingerprint density at radius 2 is 1.79 bits per heavy atom. The van der Waals surface area contributed by atoms with E-state index in [1.807, 2.05) is 37.3 Å². The third-order valence-corrected chi connectivity index (χ3v) is 4.53. The van der Waals surface area contributed by atoms with Crippen LogP contribution in [0.5, 0.6) is 5.75 Å². The van der Waals surface area contributed by atoms with Crippen LogP contribution in [0.4, 0.5) is 0 Å². The van der Waals surface area contributed by atoms with E-state index in [2.05, 4.69) is 31.3 Å². The van der Waals surface area contributed by atoms with Crippen molar-refractivity contribution < 1.29 is 5.11 Å². The second-order valence-corrected chi connectivity index (χ2v) is 6.45. The second kappa shape index (κ2) is 5.76. The minimum Gasteiger partial charge on any atom is -0.507 e. The molecular formula is C16H21NOS. The zero-order valence-electron chi connectivity index (χ0n) is 11.9. The van der Waals surface area contributed by atoms with Crippen LogP contribution < -0.4 is 5.32 Å². The monoisotopic (exact) mass is 275 g/mol. The summed E-state index contributed by atoms with van der Waals surface area (Å²) >= 11 is 1.84. The lowest BCUT2D eigenvalue weighted by Gasteiger charge is -2.13. The summed E-state index contributed by atoms with van der Waals surface area (Å²) in [7, 11) is 0. The first-order valence-electron chi connectivity index (χ1n) is 6.56. The molecule has 102 valence electrons. The van der Waals surface area contributed by atoms with Gasteiger partial charge in [-0.15, -0.1) is 11.3 Å². The van der Waals surface area contributed by atoms with Gasteiger partial charge in [-0.25, -0.2) is 0 Å². The van der Waals surface area contributed by atoms with Crippen molar-refractivity contribution in [1.29, 1.82) is 0 Å². The van der Waals surface area contributed by atoms with E-state index in [1.165, 1.54) is 15.3 Å². The van der Waals surface area contributed by atoms with Crippen molar-refractivity contribution in [3.63, 3.8) is 0 Å². The van der Waals surface area contributed by atoms with Crippen molar-refractivity contribution >= 4 is 11.3 Å². The molecule has 2 aromatic rings. The standard InChI is InChI=1S/C16H21NOS/c1-10-7-14(8-11(2)16(10)18)9-17-13(4)15-6-5-12(3)19-15/h5-8,13,17-18H,9H2,1-4H3. The van der Waals surface area contributed by atoms with Crippen molar-refractivity contribution in [2.45, 2.75) is 40.3 Å². The summed E-state index contributed by atoms with van der Waals surface area (Å²) in [5, 5.41) is 13.3. The predicted octanol–water partition coefficient (Wildman–Crippen LogP) is 4.23. The van der Waals surface area contributed by atoms with Gasteiger partial charge in [0.05, 0.1) is 0 Å². The molecule has 0 aliphatic heterocycles. The minimum absolute atomic E-state index is 0.355. The van der Waals surface area contributed by atoms with Crippen LogP contribution in [0, 0.1) is 20.8 Å². The van der Waals surface area contributed by atoms with Gasteiger partial charge in [0.15, 0.2) is 0 Å². The van der Waals surface area contributed by atoms with Gasteiger partial charge in [-0.1, -0.05) is 12.1 Å². The largest absolute Gasteiger partial charge is 0.507 e. The molecule has 2 nitrogen and oxygen atoms in total. The average molecular weight is 275 g/mol. The summed E-state index contributed by atoms with van der Waals surface area (Å²) in [6.45, 7) is 9.02. The molecule has 0 spiro atoms. The fourth-order valence-electron chi connectivity index (χ4n) is 2.21. The maximum Gasteiger partial charge on any atom is 0.121 e. The highest BCUT2D eigenvalue weighted by molar-refractivity contribution is 7.12. The van der Waals surface area contributed by atoms with Gasteiger partial charge in [0.1, 0.15) is 5.75 Å². The van der Waals surface area contributed by atoms with E-state index in [0.717, 1.165) is 17.7 Å². The number of benzene rings is 1. The Kier molecular flexibility index (Phi) is 4.27. The van der Waals surface area contributed by atoms with Crippen molar-refractivity contribution in [1.82, 2.24) is 5.32 Å². The van der Waals surface area contributed by atoms with Gasteiger partial charge >= 0.3 is 0 Å². The molecule has 1 aromatic heterocycles. The van der Waals surface area contributed by atoms with E-state index >= 15 is 0 Å². The maximum absolute atomic E-state index is 9.77. The number of rotatable bonds is 4. The molecule has 0 amide bonds. The second-order valence-electron chi connectivity index (χ2n) is 5.13. The summed E-state index contributed by atoms with van der Waals surface area (Å²) in [5.41, 5.74) is 3.10. The Morgan fingerprint density at radius 1 is 1.16 bits per heavy atom. The van der Waals surface area contributed by atoms with E-state index in [9.17, 15) is 5.11 Å². The zero-order chi connectivity index (χ0) is 14.0. The Labute approximate surface area is 119 Å². The van der Waals surface area contributed by atoms with Gasteiger partial charge in [-0.3, -0.25) is 0 Å². The first kappa shape index (κ1) is 14.1. The van der Waals surface area contributed by atoms with Crippen molar-refractivity contribution in [3.05, 3.63) is 50.7 Å². The van der Waals surface area contributed by atoms with Gasteiger partial charge in [-0.05, 0) is 56.5 Å². The Balaban J connectivity index is 2.03. The summed E-state index contributed by atoms with van der Waals surface area (Å²) in [4.78, 5) is 2.71. The van der Waals surface area contributed by atoms with Crippen LogP contribution in [0.15, 0.2) is 24.3 Å². The van der Waals surface area contributed by atoms with E-state index in [-0.39, 0.29) is 0 Å². The van der Waals surface area contributed by atoms with Crippen LogP contribution in [0.2, 0.25) is 0 Å². The maximum atomic E-state index is 9.77. The summed E-state index contributed by atoms with van der Waals surface area (Å²) in [6, 6.07) is 8.79. The first-order chi connectivity index (χ1) is 8.97. The molecule has 2 N–H and O–H groups in total. The topological polar surface area (TPSA) is 32.3 Å². The third-order valence-electron chi connectivity index (χ3n) is 3.35. The molecule has 0 aliphatic rings. The molecular weight excluding hydrogens is 254 g/mol. The molecule has 0 fully saturated rings. The lowest BCUT2D eigenvalue weighted by Crippen LogP contribution is -2.17. The van der Waals surface area contributed by atoms with Gasteiger partial charge in [0.2, 0.25) is 0 Å². The summed E-state index contributed by atoms with van der Waals surface area (Å²) < 4.78 is 0. The predicted molar refractivity (Wildman–Crippen MR) is 81.9 cm³/mol. The van der Waals surface area contributed by atoms with E-state index in [4.69, 9.17) is 0 Å². The number of hydrogen-bond acceptors (Lipinski definition) is 3. The quantitative estimate of drug-likeness (QED) is 0.875. The number of aromatic hydroxyl groups is 1. The van der Waals surface area contributed by atoms with Crippen LogP contribution in [-0.4, -0.2) is 5.11 Å². The summed E-state index contributed by atoms with van der Waals surface area (Å²) in [5.74, 6) is 0.408. The van der Waals surface area contributed by atoms with E-state index in [1.54, 1.807) is 0 Å². The highest BCUT2D eigenvalue weighted by Crippen LogP contribution is 2.25. The molecule has 1 atom stereocenters. The number of phenols is 1. The van der Waals surface area contributed by atoms with Gasteiger partial charge in [0.25, 0.3) is 0 Å². The zero-order valence-corrected chi connectivity index (χ0v) is 12.8. The van der Waals surface area contributed by atoms with E-state index in [0.29, 0.717) is 11.8 Å². The molecule has 2 rings (SSSR count). The van der Waals surface area contributed by atoms with Crippen molar-refractivity contribution in [2.75, 3.05) is 0 Å². The lowest BCUT2D eigenvalue weighted by molar-refractivity contribution is 0.466. The lowest BCUT2D eigenvalue weighted by atomic mass is 10.1. The van der Waals surface area contributed by atoms with Crippen molar-refractivity contribution in [2.24, 2.45) is 0 Å². The molecule has 3 heteroatoms. The van der Waals surface area contributed by atoms with Gasteiger partial charge in [-0.2, -0.15) is 0 Å². The van der Waals surface area contributed by atoms with Crippen LogP contribution in [-0.2, 0) is 6.54 Å². The fraction of sp³-hybridized carbons (Fsp3) is 0.375. The van der Waals surface area contributed by atoms with E-state index < -0.39 is 0 Å². The summed E-state index contributed by atoms with van der Waals surface area (Å²) in [6.07, 6.45) is 0. The number of nitrogens with one attached hydrogen (secondary N) is 1. The Hall–Kier alpha value is -1.32. The van der Waals surface area contributed by atoms with Crippen LogP contribution in [0.3, 0.4) is 0 Å². The molecule has 0 bridgehead atoms. The molecule has 0 radical (unpaired) electrons. The van der Waals surface area contributed by atoms with Crippen LogP contribution in [0.1, 0.15) is 39.4 Å². The molecule has 19 heavy (non-hydrogen) atoms. The van der Waals surface area contributed by atoms with Gasteiger partial charge in [0, 0.05) is 22.3 Å². The Morgan fingerprint density at radius 3 is 2.32 bits per heavy atom. The highest BCUT2D eigenvalue weighted by Gasteiger charge is 2.08. The first-order valence-corrected chi connectivity index (χ1v) is 7.38. The molecule has 1 heterocycles. The Bertz CT molecular complexity index is 551.